The van der Waals surface area contributed by atoms with Crippen molar-refractivity contribution in [3.63, 3.8) is 0 Å². The summed E-state index contributed by atoms with van der Waals surface area (Å²) < 4.78 is 35.8. The zero-order valence-electron chi connectivity index (χ0n) is 14.4. The van der Waals surface area contributed by atoms with Crippen molar-refractivity contribution in [2.75, 3.05) is 38.3 Å². The number of rotatable bonds is 6. The summed E-state index contributed by atoms with van der Waals surface area (Å²) in [5, 5.41) is 2.42. The molecule has 1 aliphatic heterocycles. The van der Waals surface area contributed by atoms with Crippen LogP contribution in [-0.2, 0) is 21.3 Å². The van der Waals surface area contributed by atoms with Crippen LogP contribution in [-0.4, -0.2) is 47.7 Å². The molecule has 1 aliphatic rings. The smallest absolute Gasteiger partial charge is 0.287 e. The van der Waals surface area contributed by atoms with Crippen molar-refractivity contribution in [3.05, 3.63) is 47.7 Å². The Bertz CT molecular complexity index is 855. The topological polar surface area (TPSA) is 101 Å². The third-order valence-electron chi connectivity index (χ3n) is 4.10. The average molecular weight is 379 g/mol. The molecule has 2 N–H and O–H groups in total. The normalized spacial score (nSPS) is 15.0. The molecule has 26 heavy (non-hydrogen) atoms. The number of morpholine rings is 1. The molecule has 2 aromatic rings. The predicted octanol–water partition coefficient (Wildman–Crippen LogP) is 0.954. The van der Waals surface area contributed by atoms with Crippen molar-refractivity contribution >= 4 is 21.6 Å². The van der Waals surface area contributed by atoms with Gasteiger partial charge in [-0.2, -0.15) is 0 Å². The average Bonchev–Trinajstić information content (AvgIpc) is 3.18. The van der Waals surface area contributed by atoms with Crippen molar-refractivity contribution in [1.29, 1.82) is 0 Å². The highest BCUT2D eigenvalue weighted by atomic mass is 32.2. The summed E-state index contributed by atoms with van der Waals surface area (Å²) in [6.07, 6.45) is 0. The molecule has 9 heteroatoms. The number of hydrogen-bond donors (Lipinski definition) is 2. The maximum atomic E-state index is 12.1. The number of hydrogen-bond acceptors (Lipinski definition) is 6. The van der Waals surface area contributed by atoms with Crippen LogP contribution in [0.15, 0.2) is 45.9 Å². The Labute approximate surface area is 152 Å². The predicted molar refractivity (Wildman–Crippen MR) is 95.6 cm³/mol. The number of nitrogens with zero attached hydrogens (tertiary/aromatic N) is 1. The third kappa shape index (κ3) is 4.24. The Morgan fingerprint density at radius 2 is 1.81 bits per heavy atom. The Morgan fingerprint density at radius 1 is 1.12 bits per heavy atom. The van der Waals surface area contributed by atoms with Gasteiger partial charge in [-0.3, -0.25) is 4.79 Å². The van der Waals surface area contributed by atoms with Crippen LogP contribution in [0.5, 0.6) is 0 Å². The summed E-state index contributed by atoms with van der Waals surface area (Å²) in [4.78, 5) is 14.4. The fourth-order valence-electron chi connectivity index (χ4n) is 2.60. The number of nitrogens with one attached hydrogen (secondary N) is 2. The van der Waals surface area contributed by atoms with Gasteiger partial charge in [-0.15, -0.1) is 0 Å². The fraction of sp³-hybridized carbons (Fsp3) is 0.353. The quantitative estimate of drug-likeness (QED) is 0.775. The Kier molecular flexibility index (Phi) is 5.60. The maximum Gasteiger partial charge on any atom is 0.287 e. The minimum absolute atomic E-state index is 0.0521. The number of furan rings is 1. The van der Waals surface area contributed by atoms with Crippen LogP contribution in [0.2, 0.25) is 0 Å². The lowest BCUT2D eigenvalue weighted by atomic mass is 10.2. The zero-order chi connectivity index (χ0) is 18.6. The lowest BCUT2D eigenvalue weighted by Gasteiger charge is -2.28. The molecular formula is C17H21N3O5S. The second-order valence-corrected chi connectivity index (χ2v) is 7.59. The van der Waals surface area contributed by atoms with Gasteiger partial charge in [0.15, 0.2) is 5.76 Å². The molecule has 8 nitrogen and oxygen atoms in total. The molecule has 140 valence electrons. The van der Waals surface area contributed by atoms with E-state index in [1.165, 1.54) is 19.2 Å². The van der Waals surface area contributed by atoms with Gasteiger partial charge in [0.25, 0.3) is 15.9 Å². The third-order valence-corrected chi connectivity index (χ3v) is 5.39. The van der Waals surface area contributed by atoms with Crippen LogP contribution >= 0.6 is 0 Å². The molecule has 1 amide bonds. The first-order chi connectivity index (χ1) is 12.5. The lowest BCUT2D eigenvalue weighted by molar-refractivity contribution is 0.0917. The van der Waals surface area contributed by atoms with Crippen molar-refractivity contribution in [1.82, 2.24) is 10.0 Å². The molecule has 0 bridgehead atoms. The summed E-state index contributed by atoms with van der Waals surface area (Å²) >= 11 is 0. The first-order valence-corrected chi connectivity index (χ1v) is 9.71. The van der Waals surface area contributed by atoms with Gasteiger partial charge in [0.1, 0.15) is 0 Å². The monoisotopic (exact) mass is 379 g/mol. The largest absolute Gasteiger partial charge is 0.438 e. The highest BCUT2D eigenvalue weighted by Gasteiger charge is 2.19. The van der Waals surface area contributed by atoms with E-state index in [1.54, 1.807) is 0 Å². The van der Waals surface area contributed by atoms with Gasteiger partial charge in [0.05, 0.1) is 13.2 Å². The summed E-state index contributed by atoms with van der Waals surface area (Å²) in [7, 11) is -2.43. The first-order valence-electron chi connectivity index (χ1n) is 8.23. The van der Waals surface area contributed by atoms with Crippen molar-refractivity contribution < 1.29 is 22.4 Å². The molecular weight excluding hydrogens is 358 g/mol. The summed E-state index contributed by atoms with van der Waals surface area (Å²) in [6, 6.07) is 10.5. The minimum Gasteiger partial charge on any atom is -0.438 e. The van der Waals surface area contributed by atoms with Crippen LogP contribution in [0.1, 0.15) is 16.1 Å². The molecule has 0 aliphatic carbocycles. The Balaban J connectivity index is 1.57. The van der Waals surface area contributed by atoms with Crippen molar-refractivity contribution in [2.24, 2.45) is 0 Å². The molecule has 1 fully saturated rings. The number of carbonyl (C=O) groups excluding carboxylic acids is 1. The van der Waals surface area contributed by atoms with Gasteiger partial charge >= 0.3 is 0 Å². The first kappa shape index (κ1) is 18.4. The van der Waals surface area contributed by atoms with Crippen LogP contribution in [0.4, 0.5) is 5.69 Å². The standard InChI is InChI=1S/C17H21N3O5S/c1-18-26(22,23)16-7-6-15(25-16)17(21)19-12-13-2-4-14(5-3-13)20-8-10-24-11-9-20/h2-7,18H,8-12H2,1H3,(H,19,21). The highest BCUT2D eigenvalue weighted by molar-refractivity contribution is 7.89. The van der Waals surface area contributed by atoms with E-state index >= 15 is 0 Å². The molecule has 0 unspecified atom stereocenters. The molecule has 0 atom stereocenters. The maximum absolute atomic E-state index is 12.1. The summed E-state index contributed by atoms with van der Waals surface area (Å²) in [5.41, 5.74) is 2.06. The SMILES string of the molecule is CNS(=O)(=O)c1ccc(C(=O)NCc2ccc(N3CCOCC3)cc2)o1. The van der Waals surface area contributed by atoms with E-state index in [1.807, 2.05) is 24.3 Å². The number of sulfonamides is 1. The van der Waals surface area contributed by atoms with Gasteiger partial charge < -0.3 is 19.4 Å². The van der Waals surface area contributed by atoms with E-state index in [9.17, 15) is 13.2 Å². The summed E-state index contributed by atoms with van der Waals surface area (Å²) in [5.74, 6) is -0.524. The molecule has 0 saturated carbocycles. The van der Waals surface area contributed by atoms with Crippen LogP contribution in [0, 0.1) is 0 Å². The molecule has 1 saturated heterocycles. The van der Waals surface area contributed by atoms with Crippen molar-refractivity contribution in [3.8, 4) is 0 Å². The van der Waals surface area contributed by atoms with E-state index in [4.69, 9.17) is 9.15 Å². The van der Waals surface area contributed by atoms with E-state index in [0.717, 1.165) is 37.6 Å². The Morgan fingerprint density at radius 3 is 2.46 bits per heavy atom. The minimum atomic E-state index is -3.70. The van der Waals surface area contributed by atoms with E-state index in [2.05, 4.69) is 14.9 Å². The van der Waals surface area contributed by atoms with Crippen LogP contribution < -0.4 is 14.9 Å². The number of carbonyl (C=O) groups is 1. The molecule has 1 aromatic heterocycles. The molecule has 2 heterocycles. The van der Waals surface area contributed by atoms with E-state index in [-0.39, 0.29) is 10.9 Å². The fourth-order valence-corrected chi connectivity index (χ4v) is 3.25. The number of anilines is 1. The van der Waals surface area contributed by atoms with Crippen LogP contribution in [0.3, 0.4) is 0 Å². The molecule has 0 radical (unpaired) electrons. The highest BCUT2D eigenvalue weighted by Crippen LogP contribution is 2.17. The van der Waals surface area contributed by atoms with Gasteiger partial charge in [-0.1, -0.05) is 12.1 Å². The van der Waals surface area contributed by atoms with Gasteiger partial charge in [-0.05, 0) is 36.9 Å². The molecule has 3 rings (SSSR count). The summed E-state index contributed by atoms with van der Waals surface area (Å²) in [6.45, 7) is 3.51. The number of ether oxygens (including phenoxy) is 1. The van der Waals surface area contributed by atoms with E-state index in [0.29, 0.717) is 6.54 Å². The zero-order valence-corrected chi connectivity index (χ0v) is 15.2. The molecule has 0 spiro atoms. The molecule has 1 aromatic carbocycles. The number of benzene rings is 1. The van der Waals surface area contributed by atoms with Gasteiger partial charge in [0, 0.05) is 25.3 Å². The van der Waals surface area contributed by atoms with E-state index < -0.39 is 15.9 Å². The number of amides is 1. The second-order valence-electron chi connectivity index (χ2n) is 5.77. The van der Waals surface area contributed by atoms with Crippen molar-refractivity contribution in [2.45, 2.75) is 11.6 Å². The Hall–Kier alpha value is -2.36. The lowest BCUT2D eigenvalue weighted by Crippen LogP contribution is -2.36. The second kappa shape index (κ2) is 7.90. The van der Waals surface area contributed by atoms with Crippen LogP contribution in [0.25, 0.3) is 0 Å². The van der Waals surface area contributed by atoms with Gasteiger partial charge in [0.2, 0.25) is 5.09 Å². The van der Waals surface area contributed by atoms with Gasteiger partial charge in [-0.25, -0.2) is 13.1 Å².